The van der Waals surface area contributed by atoms with Gasteiger partial charge in [0.15, 0.2) is 6.29 Å². The molecule has 0 radical (unpaired) electrons. The number of rotatable bonds is 5. The molecule has 1 heterocycles. The van der Waals surface area contributed by atoms with Gasteiger partial charge in [-0.25, -0.2) is 0 Å². The molecule has 86 valence electrons. The second-order valence-electron chi connectivity index (χ2n) is 3.10. The summed E-state index contributed by atoms with van der Waals surface area (Å²) in [4.78, 5) is 0. The molecule has 1 rings (SSSR count). The van der Waals surface area contributed by atoms with Gasteiger partial charge >= 0.3 is 0 Å². The molecule has 0 unspecified atom stereocenters. The number of aromatic nitrogens is 2. The highest BCUT2D eigenvalue weighted by Crippen LogP contribution is 2.17. The van der Waals surface area contributed by atoms with E-state index >= 15 is 0 Å². The van der Waals surface area contributed by atoms with Crippen molar-refractivity contribution < 1.29 is 9.47 Å². The van der Waals surface area contributed by atoms with Crippen molar-refractivity contribution in [1.29, 1.82) is 5.26 Å². The third-order valence-corrected chi connectivity index (χ3v) is 2.17. The molecule has 0 spiro atoms. The van der Waals surface area contributed by atoms with Crippen LogP contribution in [-0.2, 0) is 9.47 Å². The third-order valence-electron chi connectivity index (χ3n) is 2.17. The van der Waals surface area contributed by atoms with Gasteiger partial charge in [-0.15, -0.1) is 0 Å². The zero-order chi connectivity index (χ0) is 12.0. The summed E-state index contributed by atoms with van der Waals surface area (Å²) >= 11 is 0. The van der Waals surface area contributed by atoms with E-state index in [-0.39, 0.29) is 0 Å². The van der Waals surface area contributed by atoms with E-state index in [1.54, 1.807) is 12.4 Å². The van der Waals surface area contributed by atoms with Gasteiger partial charge in [0, 0.05) is 32.4 Å². The van der Waals surface area contributed by atoms with Gasteiger partial charge in [-0.2, -0.15) is 10.4 Å². The van der Waals surface area contributed by atoms with Crippen molar-refractivity contribution in [2.24, 2.45) is 5.73 Å². The maximum Gasteiger partial charge on any atom is 0.161 e. The summed E-state index contributed by atoms with van der Waals surface area (Å²) in [6.07, 6.45) is 3.02. The molecule has 0 aromatic carbocycles. The van der Waals surface area contributed by atoms with Crippen LogP contribution in [0.5, 0.6) is 0 Å². The second-order valence-corrected chi connectivity index (χ2v) is 3.10. The Morgan fingerprint density at radius 2 is 2.31 bits per heavy atom. The van der Waals surface area contributed by atoms with Crippen LogP contribution >= 0.6 is 0 Å². The lowest BCUT2D eigenvalue weighted by atomic mass is 10.1. The van der Waals surface area contributed by atoms with E-state index in [9.17, 15) is 0 Å². The summed E-state index contributed by atoms with van der Waals surface area (Å²) in [5.74, 6) is 0. The van der Waals surface area contributed by atoms with Gasteiger partial charge in [0.1, 0.15) is 0 Å². The Labute approximate surface area is 93.7 Å². The van der Waals surface area contributed by atoms with Crippen molar-refractivity contribution in [2.75, 3.05) is 14.2 Å². The molecule has 0 saturated heterocycles. The molecule has 3 N–H and O–H groups in total. The topological polar surface area (TPSA) is 97.0 Å². The average molecular weight is 222 g/mol. The van der Waals surface area contributed by atoms with Crippen LogP contribution in [0.4, 0.5) is 0 Å². The van der Waals surface area contributed by atoms with E-state index < -0.39 is 6.29 Å². The van der Waals surface area contributed by atoms with Crippen LogP contribution in [0, 0.1) is 11.3 Å². The number of methoxy groups -OCH3 is 2. The molecule has 0 aliphatic carbocycles. The number of ether oxygens (including phenoxy) is 2. The number of hydrogen-bond acceptors (Lipinski definition) is 5. The van der Waals surface area contributed by atoms with Crippen LogP contribution in [0.1, 0.15) is 12.0 Å². The number of nitrogens with zero attached hydrogens (tertiary/aromatic N) is 2. The molecule has 0 atom stereocenters. The smallest absolute Gasteiger partial charge is 0.161 e. The molecule has 0 amide bonds. The molecular weight excluding hydrogens is 208 g/mol. The Bertz CT molecular complexity index is 387. The highest BCUT2D eigenvalue weighted by atomic mass is 16.7. The lowest BCUT2D eigenvalue weighted by molar-refractivity contribution is -0.0995. The number of nitrogens with one attached hydrogen (secondary N) is 1. The van der Waals surface area contributed by atoms with E-state index in [2.05, 4.69) is 10.2 Å². The van der Waals surface area contributed by atoms with E-state index in [4.69, 9.17) is 20.5 Å². The van der Waals surface area contributed by atoms with Crippen molar-refractivity contribution in [3.05, 3.63) is 23.5 Å². The Morgan fingerprint density at radius 1 is 1.62 bits per heavy atom. The lowest BCUT2D eigenvalue weighted by Gasteiger charge is -2.13. The summed E-state index contributed by atoms with van der Waals surface area (Å²) in [6.45, 7) is 0. The predicted octanol–water partition coefficient (Wildman–Crippen LogP) is 0.612. The van der Waals surface area contributed by atoms with Gasteiger partial charge < -0.3 is 15.2 Å². The third kappa shape index (κ3) is 2.82. The van der Waals surface area contributed by atoms with Crippen LogP contribution in [0.25, 0.3) is 5.70 Å². The number of H-pyrrole nitrogens is 1. The van der Waals surface area contributed by atoms with Crippen molar-refractivity contribution >= 4 is 5.70 Å². The molecule has 0 fully saturated rings. The Kier molecular flexibility index (Phi) is 4.51. The van der Waals surface area contributed by atoms with Crippen LogP contribution in [0.3, 0.4) is 0 Å². The first kappa shape index (κ1) is 12.2. The number of aromatic amines is 1. The van der Waals surface area contributed by atoms with Crippen LogP contribution in [-0.4, -0.2) is 30.7 Å². The fraction of sp³-hybridized carbons (Fsp3) is 0.400. The molecule has 1 aromatic heterocycles. The first-order valence-corrected chi connectivity index (χ1v) is 4.66. The van der Waals surface area contributed by atoms with Crippen molar-refractivity contribution in [3.8, 4) is 6.07 Å². The molecule has 6 nitrogen and oxygen atoms in total. The SMILES string of the molecule is COC(C/C(C#N)=C(/N)c1cn[nH]c1)OC. The van der Waals surface area contributed by atoms with Gasteiger partial charge in [-0.05, 0) is 0 Å². The predicted molar refractivity (Wildman–Crippen MR) is 57.7 cm³/mol. The van der Waals surface area contributed by atoms with Crippen molar-refractivity contribution in [2.45, 2.75) is 12.7 Å². The summed E-state index contributed by atoms with van der Waals surface area (Å²) in [6, 6.07) is 2.04. The van der Waals surface area contributed by atoms with E-state index in [0.717, 1.165) is 0 Å². The van der Waals surface area contributed by atoms with Crippen molar-refractivity contribution in [1.82, 2.24) is 10.2 Å². The number of nitriles is 1. The number of hydrogen-bond donors (Lipinski definition) is 2. The second kappa shape index (κ2) is 5.90. The van der Waals surface area contributed by atoms with Gasteiger partial charge in [-0.3, -0.25) is 5.10 Å². The summed E-state index contributed by atoms with van der Waals surface area (Å²) in [7, 11) is 3.02. The van der Waals surface area contributed by atoms with E-state index in [0.29, 0.717) is 23.3 Å². The molecule has 0 bridgehead atoms. The summed E-state index contributed by atoms with van der Waals surface area (Å²) in [5, 5.41) is 15.4. The standard InChI is InChI=1S/C10H14N4O2/c1-15-9(16-2)3-7(4-11)10(12)8-5-13-14-6-8/h5-6,9H,3,12H2,1-2H3,(H,13,14)/b10-7-. The van der Waals surface area contributed by atoms with Crippen LogP contribution < -0.4 is 5.73 Å². The Hall–Kier alpha value is -1.84. The molecule has 16 heavy (non-hydrogen) atoms. The molecule has 6 heteroatoms. The minimum absolute atomic E-state index is 0.306. The van der Waals surface area contributed by atoms with Gasteiger partial charge in [0.2, 0.25) is 0 Å². The minimum atomic E-state index is -0.472. The molecule has 0 saturated carbocycles. The first-order chi connectivity index (χ1) is 7.72. The lowest BCUT2D eigenvalue weighted by Crippen LogP contribution is -2.15. The largest absolute Gasteiger partial charge is 0.397 e. The zero-order valence-corrected chi connectivity index (χ0v) is 9.23. The first-order valence-electron chi connectivity index (χ1n) is 4.66. The van der Waals surface area contributed by atoms with Gasteiger partial charge in [0.25, 0.3) is 0 Å². The summed E-state index contributed by atoms with van der Waals surface area (Å²) in [5.41, 5.74) is 7.32. The van der Waals surface area contributed by atoms with E-state index in [1.165, 1.54) is 14.2 Å². The molecule has 1 aromatic rings. The molecular formula is C10H14N4O2. The van der Waals surface area contributed by atoms with E-state index in [1.807, 2.05) is 6.07 Å². The fourth-order valence-electron chi connectivity index (χ4n) is 1.22. The highest BCUT2D eigenvalue weighted by molar-refractivity contribution is 5.68. The van der Waals surface area contributed by atoms with Gasteiger partial charge in [0.05, 0.1) is 23.5 Å². The quantitative estimate of drug-likeness (QED) is 0.562. The summed E-state index contributed by atoms with van der Waals surface area (Å²) < 4.78 is 10.0. The maximum absolute atomic E-state index is 9.01. The maximum atomic E-state index is 9.01. The Morgan fingerprint density at radius 3 is 2.75 bits per heavy atom. The fourth-order valence-corrected chi connectivity index (χ4v) is 1.22. The average Bonchev–Trinajstić information content (AvgIpc) is 2.83. The molecule has 0 aliphatic rings. The van der Waals surface area contributed by atoms with Crippen molar-refractivity contribution in [3.63, 3.8) is 0 Å². The Balaban J connectivity index is 2.89. The number of nitrogens with two attached hydrogens (primary N) is 1. The van der Waals surface area contributed by atoms with Gasteiger partial charge in [-0.1, -0.05) is 0 Å². The normalized spacial score (nSPS) is 12.4. The monoisotopic (exact) mass is 222 g/mol. The zero-order valence-electron chi connectivity index (χ0n) is 9.23. The van der Waals surface area contributed by atoms with Crippen LogP contribution in [0.15, 0.2) is 18.0 Å². The molecule has 0 aliphatic heterocycles. The highest BCUT2D eigenvalue weighted by Gasteiger charge is 2.13. The van der Waals surface area contributed by atoms with Crippen LogP contribution in [0.2, 0.25) is 0 Å². The minimum Gasteiger partial charge on any atom is -0.397 e.